The van der Waals surface area contributed by atoms with Gasteiger partial charge in [-0.15, -0.1) is 0 Å². The summed E-state index contributed by atoms with van der Waals surface area (Å²) in [4.78, 5) is 28.0. The number of hydrogen-bond acceptors (Lipinski definition) is 4. The van der Waals surface area contributed by atoms with Gasteiger partial charge in [-0.05, 0) is 62.1 Å². The second-order valence-corrected chi connectivity index (χ2v) is 11.6. The van der Waals surface area contributed by atoms with E-state index in [0.29, 0.717) is 22.2 Å². The first-order valence-electron chi connectivity index (χ1n) is 12.0. The molecule has 0 saturated carbocycles. The predicted octanol–water partition coefficient (Wildman–Crippen LogP) is 5.26. The molecule has 198 valence electrons. The normalized spacial score (nSPS) is 13.1. The maximum Gasteiger partial charge on any atom is 0.243 e. The molecule has 0 bridgehead atoms. The molecule has 0 radical (unpaired) electrons. The summed E-state index contributed by atoms with van der Waals surface area (Å²) in [6.07, 6.45) is 2.69. The Kier molecular flexibility index (Phi) is 11.5. The van der Waals surface area contributed by atoms with Crippen LogP contribution in [0.4, 0.5) is 5.69 Å². The summed E-state index contributed by atoms with van der Waals surface area (Å²) in [6.45, 7) is 6.12. The van der Waals surface area contributed by atoms with Crippen LogP contribution in [0.15, 0.2) is 48.5 Å². The fourth-order valence-electron chi connectivity index (χ4n) is 3.78. The van der Waals surface area contributed by atoms with E-state index in [0.717, 1.165) is 18.2 Å². The van der Waals surface area contributed by atoms with Crippen molar-refractivity contribution in [1.29, 1.82) is 0 Å². The van der Waals surface area contributed by atoms with Crippen molar-refractivity contribution in [3.05, 3.63) is 64.1 Å². The molecule has 36 heavy (non-hydrogen) atoms. The topological polar surface area (TPSA) is 86.8 Å². The summed E-state index contributed by atoms with van der Waals surface area (Å²) in [5.74, 6) is -0.429. The highest BCUT2D eigenvalue weighted by atomic mass is 35.5. The van der Waals surface area contributed by atoms with Gasteiger partial charge in [-0.1, -0.05) is 55.2 Å². The molecule has 2 aromatic rings. The third-order valence-electron chi connectivity index (χ3n) is 5.90. The van der Waals surface area contributed by atoms with E-state index < -0.39 is 16.1 Å². The summed E-state index contributed by atoms with van der Waals surface area (Å²) in [6, 6.07) is 13.1. The zero-order valence-corrected chi connectivity index (χ0v) is 23.5. The molecular weight excluding hydrogens is 521 g/mol. The molecule has 2 rings (SSSR count). The van der Waals surface area contributed by atoms with Crippen LogP contribution < -0.4 is 9.62 Å². The van der Waals surface area contributed by atoms with E-state index >= 15 is 0 Å². The molecule has 0 aromatic heterocycles. The van der Waals surface area contributed by atoms with Gasteiger partial charge in [-0.3, -0.25) is 13.9 Å². The highest BCUT2D eigenvalue weighted by molar-refractivity contribution is 7.92. The van der Waals surface area contributed by atoms with Crippen LogP contribution in [0.2, 0.25) is 10.0 Å². The van der Waals surface area contributed by atoms with Crippen molar-refractivity contribution in [2.75, 3.05) is 17.1 Å². The van der Waals surface area contributed by atoms with Crippen LogP contribution in [-0.4, -0.2) is 50.0 Å². The molecule has 0 unspecified atom stereocenters. The van der Waals surface area contributed by atoms with Crippen molar-refractivity contribution in [2.24, 2.45) is 0 Å². The van der Waals surface area contributed by atoms with E-state index in [1.807, 2.05) is 32.9 Å². The van der Waals surface area contributed by atoms with Crippen molar-refractivity contribution in [2.45, 2.75) is 65.1 Å². The Balaban J connectivity index is 2.22. The summed E-state index contributed by atoms with van der Waals surface area (Å²) in [5, 5.41) is 3.98. The lowest BCUT2D eigenvalue weighted by Gasteiger charge is -2.32. The third-order valence-corrected chi connectivity index (χ3v) is 7.58. The first-order valence-corrected chi connectivity index (χ1v) is 14.6. The monoisotopic (exact) mass is 555 g/mol. The largest absolute Gasteiger partial charge is 0.352 e. The Morgan fingerprint density at radius 1 is 1.00 bits per heavy atom. The number of benzene rings is 2. The number of carbonyl (C=O) groups is 2. The number of amides is 2. The summed E-state index contributed by atoms with van der Waals surface area (Å²) < 4.78 is 26.1. The zero-order valence-electron chi connectivity index (χ0n) is 21.2. The fraction of sp³-hybridized carbons (Fsp3) is 0.462. The number of sulfonamides is 1. The van der Waals surface area contributed by atoms with E-state index in [2.05, 4.69) is 5.32 Å². The van der Waals surface area contributed by atoms with Gasteiger partial charge in [0, 0.05) is 35.6 Å². The van der Waals surface area contributed by atoms with Crippen molar-refractivity contribution >= 4 is 50.7 Å². The van der Waals surface area contributed by atoms with Gasteiger partial charge in [0.05, 0.1) is 11.9 Å². The molecule has 1 N–H and O–H groups in total. The number of hydrogen-bond donors (Lipinski definition) is 1. The van der Waals surface area contributed by atoms with Gasteiger partial charge >= 0.3 is 0 Å². The number of carbonyl (C=O) groups excluding carboxylic acids is 2. The van der Waals surface area contributed by atoms with Crippen LogP contribution in [0.1, 0.15) is 52.0 Å². The van der Waals surface area contributed by atoms with Crippen LogP contribution in [0.5, 0.6) is 0 Å². The van der Waals surface area contributed by atoms with E-state index in [1.165, 1.54) is 4.31 Å². The molecule has 2 atom stereocenters. The van der Waals surface area contributed by atoms with Gasteiger partial charge in [0.15, 0.2) is 0 Å². The average Bonchev–Trinajstić information content (AvgIpc) is 2.81. The minimum atomic E-state index is -3.58. The van der Waals surface area contributed by atoms with E-state index in [4.69, 9.17) is 23.2 Å². The molecule has 0 fully saturated rings. The lowest BCUT2D eigenvalue weighted by Crippen LogP contribution is -2.50. The number of halogens is 2. The molecular formula is C26H35Cl2N3O4S. The molecule has 2 amide bonds. The number of rotatable bonds is 13. The van der Waals surface area contributed by atoms with Crippen LogP contribution in [-0.2, 0) is 26.2 Å². The van der Waals surface area contributed by atoms with E-state index in [1.54, 1.807) is 41.3 Å². The summed E-state index contributed by atoms with van der Waals surface area (Å²) >= 11 is 12.1. The second kappa shape index (κ2) is 13.9. The smallest absolute Gasteiger partial charge is 0.243 e. The quantitative estimate of drug-likeness (QED) is 0.365. The Labute approximate surface area is 224 Å². The minimum absolute atomic E-state index is 0.0138. The fourth-order valence-corrected chi connectivity index (χ4v) is 5.05. The molecule has 0 aliphatic rings. The van der Waals surface area contributed by atoms with Gasteiger partial charge in [0.1, 0.15) is 6.04 Å². The lowest BCUT2D eigenvalue weighted by atomic mass is 10.1. The number of nitrogens with zero attached hydrogens (tertiary/aromatic N) is 2. The van der Waals surface area contributed by atoms with E-state index in [-0.39, 0.29) is 43.8 Å². The van der Waals surface area contributed by atoms with Crippen molar-refractivity contribution in [3.8, 4) is 0 Å². The number of anilines is 1. The highest BCUT2D eigenvalue weighted by Gasteiger charge is 2.29. The van der Waals surface area contributed by atoms with Crippen molar-refractivity contribution in [1.82, 2.24) is 10.2 Å². The van der Waals surface area contributed by atoms with Gasteiger partial charge in [-0.25, -0.2) is 8.42 Å². The molecule has 0 saturated heterocycles. The van der Waals surface area contributed by atoms with Crippen LogP contribution in [0, 0.1) is 0 Å². The van der Waals surface area contributed by atoms with Gasteiger partial charge in [0.25, 0.3) is 0 Å². The summed E-state index contributed by atoms with van der Waals surface area (Å²) in [7, 11) is -3.58. The Bertz CT molecular complexity index is 1130. The van der Waals surface area contributed by atoms with Gasteiger partial charge in [-0.2, -0.15) is 0 Å². The van der Waals surface area contributed by atoms with Crippen LogP contribution >= 0.6 is 23.2 Å². The predicted molar refractivity (Wildman–Crippen MR) is 147 cm³/mol. The molecule has 10 heteroatoms. The summed E-state index contributed by atoms with van der Waals surface area (Å²) in [5.41, 5.74) is 1.29. The maximum atomic E-state index is 13.4. The first-order chi connectivity index (χ1) is 17.0. The standard InChI is InChI=1S/C26H35Cl2N3O4S/c1-5-19(3)29-26(33)24(6-2)30(18-20-12-14-21(27)15-13-20)25(32)11-8-16-31(36(4,34)35)23-10-7-9-22(28)17-23/h7,9-10,12-15,17,19,24H,5-6,8,11,16,18H2,1-4H3,(H,29,33)/t19-,24-/m1/s1. The molecule has 2 aromatic carbocycles. The molecule has 0 aliphatic carbocycles. The van der Waals surface area contributed by atoms with Crippen molar-refractivity contribution < 1.29 is 18.0 Å². The molecule has 0 aliphatic heterocycles. The molecule has 0 spiro atoms. The lowest BCUT2D eigenvalue weighted by molar-refractivity contribution is -0.141. The van der Waals surface area contributed by atoms with Crippen molar-refractivity contribution in [3.63, 3.8) is 0 Å². The van der Waals surface area contributed by atoms with Crippen LogP contribution in [0.25, 0.3) is 0 Å². The highest BCUT2D eigenvalue weighted by Crippen LogP contribution is 2.23. The average molecular weight is 557 g/mol. The SMILES string of the molecule is CC[C@@H](C)NC(=O)[C@@H](CC)N(Cc1ccc(Cl)cc1)C(=O)CCCN(c1cccc(Cl)c1)S(C)(=O)=O. The Morgan fingerprint density at radius 3 is 2.22 bits per heavy atom. The van der Waals surface area contributed by atoms with Crippen LogP contribution in [0.3, 0.4) is 0 Å². The minimum Gasteiger partial charge on any atom is -0.352 e. The third kappa shape index (κ3) is 8.98. The first kappa shape index (κ1) is 29.9. The van der Waals surface area contributed by atoms with Gasteiger partial charge < -0.3 is 10.2 Å². The molecule has 0 heterocycles. The number of nitrogens with one attached hydrogen (secondary N) is 1. The van der Waals surface area contributed by atoms with E-state index in [9.17, 15) is 18.0 Å². The Hall–Kier alpha value is -2.29. The zero-order chi connectivity index (χ0) is 26.9. The second-order valence-electron chi connectivity index (χ2n) is 8.81. The maximum absolute atomic E-state index is 13.4. The van der Waals surface area contributed by atoms with Gasteiger partial charge in [0.2, 0.25) is 21.8 Å². The molecule has 7 nitrogen and oxygen atoms in total. The Morgan fingerprint density at radius 2 is 1.67 bits per heavy atom.